The number of rotatable bonds is 6. The van der Waals surface area contributed by atoms with Gasteiger partial charge in [0.2, 0.25) is 0 Å². The van der Waals surface area contributed by atoms with Crippen LogP contribution in [0.5, 0.6) is 0 Å². The summed E-state index contributed by atoms with van der Waals surface area (Å²) < 4.78 is 31.2. The second-order valence-electron chi connectivity index (χ2n) is 3.84. The molecule has 0 aliphatic carbocycles. The van der Waals surface area contributed by atoms with Crippen molar-refractivity contribution in [1.82, 2.24) is 0 Å². The van der Waals surface area contributed by atoms with Crippen LogP contribution in [0.3, 0.4) is 0 Å². The van der Waals surface area contributed by atoms with E-state index in [2.05, 4.69) is 4.52 Å². The smallest absolute Gasteiger partial charge is 0.348 e. The van der Waals surface area contributed by atoms with Gasteiger partial charge < -0.3 is 20.1 Å². The van der Waals surface area contributed by atoms with Crippen LogP contribution in [0.4, 0.5) is 0 Å². The summed E-state index contributed by atoms with van der Waals surface area (Å²) >= 11 is 0. The number of hydrogen-bond acceptors (Lipinski definition) is 6. The van der Waals surface area contributed by atoms with Crippen molar-refractivity contribution in [2.24, 2.45) is 5.73 Å². The van der Waals surface area contributed by atoms with Crippen molar-refractivity contribution < 1.29 is 28.0 Å². The highest BCUT2D eigenvalue weighted by molar-refractivity contribution is 7.47. The van der Waals surface area contributed by atoms with Gasteiger partial charge in [-0.1, -0.05) is 0 Å². The van der Waals surface area contributed by atoms with E-state index in [9.17, 15) is 9.46 Å². The SMILES string of the molecule is CC1(C)OCC(COP(=O)(O)OCCN)O1. The molecule has 0 aromatic carbocycles. The number of phosphoric acid groups is 1. The molecule has 0 saturated carbocycles. The minimum Gasteiger partial charge on any atom is -0.348 e. The van der Waals surface area contributed by atoms with Crippen LogP contribution in [0.1, 0.15) is 13.8 Å². The van der Waals surface area contributed by atoms with Crippen LogP contribution in [-0.4, -0.2) is 43.1 Å². The van der Waals surface area contributed by atoms with Gasteiger partial charge >= 0.3 is 7.82 Å². The Kier molecular flexibility index (Phi) is 4.88. The zero-order valence-electron chi connectivity index (χ0n) is 9.42. The van der Waals surface area contributed by atoms with Crippen molar-refractivity contribution in [3.8, 4) is 0 Å². The summed E-state index contributed by atoms with van der Waals surface area (Å²) in [6.45, 7) is 3.92. The molecule has 1 heterocycles. The third-order valence-corrected chi connectivity index (χ3v) is 2.85. The standard InChI is InChI=1S/C8H18NO6P/c1-8(2)12-5-7(15-8)6-14-16(10,11)13-4-3-9/h7H,3-6,9H2,1-2H3,(H,10,11). The largest absolute Gasteiger partial charge is 0.472 e. The van der Waals surface area contributed by atoms with Gasteiger partial charge in [-0.3, -0.25) is 9.05 Å². The number of hydrogen-bond donors (Lipinski definition) is 2. The fourth-order valence-corrected chi connectivity index (χ4v) is 1.99. The summed E-state index contributed by atoms with van der Waals surface area (Å²) in [6, 6.07) is 0. The molecular weight excluding hydrogens is 237 g/mol. The molecule has 0 aromatic heterocycles. The monoisotopic (exact) mass is 255 g/mol. The predicted octanol–water partition coefficient (Wildman–Crippen LogP) is 0.230. The summed E-state index contributed by atoms with van der Waals surface area (Å²) in [6.07, 6.45) is -0.364. The van der Waals surface area contributed by atoms with Crippen molar-refractivity contribution >= 4 is 7.82 Å². The molecule has 0 bridgehead atoms. The van der Waals surface area contributed by atoms with Gasteiger partial charge in [-0.05, 0) is 13.8 Å². The van der Waals surface area contributed by atoms with Crippen LogP contribution >= 0.6 is 7.82 Å². The van der Waals surface area contributed by atoms with Gasteiger partial charge in [-0.15, -0.1) is 0 Å². The Labute approximate surface area is 94.4 Å². The lowest BCUT2D eigenvalue weighted by atomic mass is 10.4. The molecular formula is C8H18NO6P. The Hall–Kier alpha value is -0.0100. The lowest BCUT2D eigenvalue weighted by molar-refractivity contribution is -0.142. The van der Waals surface area contributed by atoms with E-state index in [1.54, 1.807) is 13.8 Å². The van der Waals surface area contributed by atoms with Crippen molar-refractivity contribution in [3.63, 3.8) is 0 Å². The molecule has 0 radical (unpaired) electrons. The van der Waals surface area contributed by atoms with E-state index >= 15 is 0 Å². The van der Waals surface area contributed by atoms with Crippen LogP contribution in [-0.2, 0) is 23.1 Å². The summed E-state index contributed by atoms with van der Waals surface area (Å²) in [5.41, 5.74) is 5.13. The molecule has 2 atom stereocenters. The first-order chi connectivity index (χ1) is 7.35. The first-order valence-electron chi connectivity index (χ1n) is 4.98. The first-order valence-corrected chi connectivity index (χ1v) is 6.48. The molecule has 8 heteroatoms. The minimum atomic E-state index is -4.02. The van der Waals surface area contributed by atoms with Crippen molar-refractivity contribution in [1.29, 1.82) is 0 Å². The third kappa shape index (κ3) is 4.88. The maximum atomic E-state index is 11.3. The van der Waals surface area contributed by atoms with E-state index in [1.807, 2.05) is 0 Å². The van der Waals surface area contributed by atoms with E-state index in [1.165, 1.54) is 0 Å². The Morgan fingerprint density at radius 1 is 1.56 bits per heavy atom. The number of phosphoric ester groups is 1. The van der Waals surface area contributed by atoms with E-state index in [-0.39, 0.29) is 25.9 Å². The van der Waals surface area contributed by atoms with E-state index < -0.39 is 13.6 Å². The summed E-state index contributed by atoms with van der Waals surface area (Å²) in [5, 5.41) is 0. The normalized spacial score (nSPS) is 27.9. The fourth-order valence-electron chi connectivity index (χ4n) is 1.23. The van der Waals surface area contributed by atoms with E-state index in [0.717, 1.165) is 0 Å². The van der Waals surface area contributed by atoms with Crippen LogP contribution in [0, 0.1) is 0 Å². The Balaban J connectivity index is 2.27. The van der Waals surface area contributed by atoms with Crippen LogP contribution < -0.4 is 5.73 Å². The highest BCUT2D eigenvalue weighted by atomic mass is 31.2. The molecule has 1 saturated heterocycles. The summed E-state index contributed by atoms with van der Waals surface area (Å²) in [4.78, 5) is 9.20. The van der Waals surface area contributed by atoms with Gasteiger partial charge in [0, 0.05) is 6.54 Å². The van der Waals surface area contributed by atoms with Gasteiger partial charge in [0.1, 0.15) is 6.10 Å². The quantitative estimate of drug-likeness (QED) is 0.655. The molecule has 2 unspecified atom stereocenters. The average molecular weight is 255 g/mol. The zero-order chi connectivity index (χ0) is 12.2. The van der Waals surface area contributed by atoms with E-state index in [0.29, 0.717) is 6.61 Å². The zero-order valence-corrected chi connectivity index (χ0v) is 10.3. The van der Waals surface area contributed by atoms with Crippen LogP contribution in [0.25, 0.3) is 0 Å². The van der Waals surface area contributed by atoms with E-state index in [4.69, 9.17) is 19.7 Å². The summed E-state index contributed by atoms with van der Waals surface area (Å²) in [5.74, 6) is -0.675. The van der Waals surface area contributed by atoms with Gasteiger partial charge in [0.15, 0.2) is 5.79 Å². The number of nitrogens with two attached hydrogens (primary N) is 1. The maximum absolute atomic E-state index is 11.3. The van der Waals surface area contributed by atoms with Gasteiger partial charge in [0.05, 0.1) is 19.8 Å². The molecule has 1 aliphatic rings. The molecule has 1 rings (SSSR count). The molecule has 16 heavy (non-hydrogen) atoms. The predicted molar refractivity (Wildman–Crippen MR) is 55.7 cm³/mol. The van der Waals surface area contributed by atoms with Gasteiger partial charge in [-0.25, -0.2) is 4.57 Å². The van der Waals surface area contributed by atoms with Crippen molar-refractivity contribution in [2.75, 3.05) is 26.4 Å². The molecule has 96 valence electrons. The Morgan fingerprint density at radius 3 is 2.75 bits per heavy atom. The maximum Gasteiger partial charge on any atom is 0.472 e. The molecule has 0 amide bonds. The van der Waals surface area contributed by atoms with Crippen molar-refractivity contribution in [3.05, 3.63) is 0 Å². The molecule has 1 fully saturated rings. The van der Waals surface area contributed by atoms with Crippen LogP contribution in [0.2, 0.25) is 0 Å². The lowest BCUT2D eigenvalue weighted by Gasteiger charge is -2.18. The Bertz CT molecular complexity index is 271. The van der Waals surface area contributed by atoms with Crippen LogP contribution in [0.15, 0.2) is 0 Å². The van der Waals surface area contributed by atoms with Gasteiger partial charge in [-0.2, -0.15) is 0 Å². The molecule has 1 aliphatic heterocycles. The second kappa shape index (κ2) is 5.55. The molecule has 7 nitrogen and oxygen atoms in total. The lowest BCUT2D eigenvalue weighted by Crippen LogP contribution is -2.24. The average Bonchev–Trinajstić information content (AvgIpc) is 2.53. The second-order valence-corrected chi connectivity index (χ2v) is 5.29. The topological polar surface area (TPSA) is 100 Å². The third-order valence-electron chi connectivity index (χ3n) is 1.86. The minimum absolute atomic E-state index is 0.0265. The fraction of sp³-hybridized carbons (Fsp3) is 1.00. The molecule has 0 spiro atoms. The summed E-state index contributed by atoms with van der Waals surface area (Å²) in [7, 11) is -4.02. The first kappa shape index (κ1) is 14.1. The number of ether oxygens (including phenoxy) is 2. The van der Waals surface area contributed by atoms with Gasteiger partial charge in [0.25, 0.3) is 0 Å². The highest BCUT2D eigenvalue weighted by Gasteiger charge is 2.34. The molecule has 0 aromatic rings. The molecule has 3 N–H and O–H groups in total. The Morgan fingerprint density at radius 2 is 2.25 bits per heavy atom. The van der Waals surface area contributed by atoms with Crippen molar-refractivity contribution in [2.45, 2.75) is 25.7 Å². The highest BCUT2D eigenvalue weighted by Crippen LogP contribution is 2.43.